The van der Waals surface area contributed by atoms with E-state index in [-0.39, 0.29) is 5.92 Å². The summed E-state index contributed by atoms with van der Waals surface area (Å²) in [6.07, 6.45) is 1.83. The van der Waals surface area contributed by atoms with E-state index in [1.54, 1.807) is 18.2 Å². The topological polar surface area (TPSA) is 75.4 Å². The van der Waals surface area contributed by atoms with Crippen LogP contribution in [0.5, 0.6) is 0 Å². The maximum Gasteiger partial charge on any atom is 0.301 e. The van der Waals surface area contributed by atoms with Crippen LogP contribution in [0.25, 0.3) is 0 Å². The molecule has 1 heterocycles. The smallest absolute Gasteiger partial charge is 0.301 e. The number of nitrogens with zero attached hydrogens (tertiary/aromatic N) is 1. The molecule has 5 nitrogen and oxygen atoms in total. The highest BCUT2D eigenvalue weighted by Crippen LogP contribution is 2.25. The molecule has 0 saturated carbocycles. The lowest BCUT2D eigenvalue weighted by atomic mass is 10.0. The molecule has 3 N–H and O–H groups in total. The van der Waals surface area contributed by atoms with Crippen molar-refractivity contribution in [2.45, 2.75) is 12.8 Å². The Bertz CT molecular complexity index is 582. The fourth-order valence-corrected chi connectivity index (χ4v) is 4.76. The third-order valence-electron chi connectivity index (χ3n) is 3.33. The molecule has 20 heavy (non-hydrogen) atoms. The molecule has 2 rings (SSSR count). The van der Waals surface area contributed by atoms with E-state index in [1.807, 2.05) is 0 Å². The number of hydrogen-bond donors (Lipinski definition) is 2. The zero-order valence-electron chi connectivity index (χ0n) is 10.9. The summed E-state index contributed by atoms with van der Waals surface area (Å²) < 4.78 is 29.6. The molecule has 1 saturated heterocycles. The molecule has 1 aromatic rings. The Labute approximate surface area is 138 Å². The fourth-order valence-electron chi connectivity index (χ4n) is 2.21. The molecule has 0 aromatic heterocycles. The summed E-state index contributed by atoms with van der Waals surface area (Å²) in [5, 5.41) is 0.582. The third kappa shape index (κ3) is 3.97. The number of piperidine rings is 1. The lowest BCUT2D eigenvalue weighted by Crippen LogP contribution is -2.44. The molecule has 1 unspecified atom stereocenters. The van der Waals surface area contributed by atoms with Crippen LogP contribution in [-0.4, -0.2) is 32.4 Å². The number of hydrogen-bond acceptors (Lipinski definition) is 3. The standard InChI is InChI=1S/C12H17ClIN3O2S/c13-10-3-4-12(11(14)6-10)16-20(18,19)17-5-1-2-9(7-15)8-17/h3-4,6,9,16H,1-2,5,7-8,15H2. The van der Waals surface area contributed by atoms with Crippen LogP contribution in [0.1, 0.15) is 12.8 Å². The number of nitrogens with one attached hydrogen (secondary N) is 1. The normalized spacial score (nSPS) is 20.9. The highest BCUT2D eigenvalue weighted by Gasteiger charge is 2.28. The summed E-state index contributed by atoms with van der Waals surface area (Å²) in [5.41, 5.74) is 6.19. The van der Waals surface area contributed by atoms with Gasteiger partial charge in [-0.1, -0.05) is 11.6 Å². The fraction of sp³-hybridized carbons (Fsp3) is 0.500. The average Bonchev–Trinajstić information content (AvgIpc) is 2.42. The van der Waals surface area contributed by atoms with Gasteiger partial charge in [0.05, 0.1) is 5.69 Å². The number of rotatable bonds is 4. The Balaban J connectivity index is 2.14. The molecular weight excluding hydrogens is 413 g/mol. The average molecular weight is 430 g/mol. The SMILES string of the molecule is NCC1CCCN(S(=O)(=O)Nc2ccc(Cl)cc2I)C1. The molecule has 112 valence electrons. The molecule has 1 aliphatic heterocycles. The molecule has 1 atom stereocenters. The highest BCUT2D eigenvalue weighted by molar-refractivity contribution is 14.1. The highest BCUT2D eigenvalue weighted by atomic mass is 127. The van der Waals surface area contributed by atoms with Gasteiger partial charge in [0, 0.05) is 21.7 Å². The van der Waals surface area contributed by atoms with Gasteiger partial charge in [0.25, 0.3) is 0 Å². The first kappa shape index (κ1) is 16.3. The van der Waals surface area contributed by atoms with Crippen LogP contribution in [-0.2, 0) is 10.2 Å². The lowest BCUT2D eigenvalue weighted by Gasteiger charge is -2.31. The van der Waals surface area contributed by atoms with Crippen molar-refractivity contribution in [1.82, 2.24) is 4.31 Å². The Morgan fingerprint density at radius 3 is 2.90 bits per heavy atom. The van der Waals surface area contributed by atoms with Crippen molar-refractivity contribution in [1.29, 1.82) is 0 Å². The van der Waals surface area contributed by atoms with Crippen LogP contribution in [0.3, 0.4) is 0 Å². The third-order valence-corrected chi connectivity index (χ3v) is 5.94. The molecular formula is C12H17ClIN3O2S. The second-order valence-electron chi connectivity index (χ2n) is 4.83. The van der Waals surface area contributed by atoms with E-state index in [0.717, 1.165) is 16.4 Å². The molecule has 1 aliphatic rings. The lowest BCUT2D eigenvalue weighted by molar-refractivity contribution is 0.273. The maximum atomic E-state index is 12.4. The van der Waals surface area contributed by atoms with Crippen molar-refractivity contribution < 1.29 is 8.42 Å². The maximum absolute atomic E-state index is 12.4. The van der Waals surface area contributed by atoms with E-state index in [1.165, 1.54) is 4.31 Å². The molecule has 1 fully saturated rings. The van der Waals surface area contributed by atoms with E-state index in [4.69, 9.17) is 17.3 Å². The van der Waals surface area contributed by atoms with Crippen LogP contribution >= 0.6 is 34.2 Å². The summed E-state index contributed by atoms with van der Waals surface area (Å²) in [6.45, 7) is 1.54. The van der Waals surface area contributed by atoms with Gasteiger partial charge in [-0.3, -0.25) is 4.72 Å². The molecule has 0 bridgehead atoms. The Morgan fingerprint density at radius 1 is 1.50 bits per heavy atom. The van der Waals surface area contributed by atoms with Gasteiger partial charge in [0.15, 0.2) is 0 Å². The first-order valence-electron chi connectivity index (χ1n) is 6.35. The van der Waals surface area contributed by atoms with E-state index in [9.17, 15) is 8.42 Å². The van der Waals surface area contributed by atoms with E-state index in [0.29, 0.717) is 30.3 Å². The minimum absolute atomic E-state index is 0.240. The summed E-state index contributed by atoms with van der Waals surface area (Å²) in [5.74, 6) is 0.240. The van der Waals surface area contributed by atoms with Gasteiger partial charge in [-0.15, -0.1) is 0 Å². The van der Waals surface area contributed by atoms with E-state index in [2.05, 4.69) is 27.3 Å². The summed E-state index contributed by atoms with van der Waals surface area (Å²) in [4.78, 5) is 0. The predicted octanol–water partition coefficient (Wildman–Crippen LogP) is 2.27. The van der Waals surface area contributed by atoms with Crippen molar-refractivity contribution in [3.05, 3.63) is 26.8 Å². The van der Waals surface area contributed by atoms with Gasteiger partial charge in [0.1, 0.15) is 0 Å². The Hall–Kier alpha value is -0.0900. The zero-order chi connectivity index (χ0) is 14.8. The van der Waals surface area contributed by atoms with Crippen LogP contribution in [0, 0.1) is 9.49 Å². The second-order valence-corrected chi connectivity index (χ2v) is 8.10. The molecule has 0 radical (unpaired) electrons. The largest absolute Gasteiger partial charge is 0.330 e. The van der Waals surface area contributed by atoms with Crippen molar-refractivity contribution in [3.8, 4) is 0 Å². The Kier molecular flexibility index (Phi) is 5.52. The van der Waals surface area contributed by atoms with Gasteiger partial charge in [-0.25, -0.2) is 0 Å². The molecule has 1 aromatic carbocycles. The number of anilines is 1. The van der Waals surface area contributed by atoms with Crippen LogP contribution in [0.2, 0.25) is 5.02 Å². The van der Waals surface area contributed by atoms with Gasteiger partial charge in [-0.05, 0) is 66.1 Å². The minimum atomic E-state index is -3.53. The quantitative estimate of drug-likeness (QED) is 0.721. The van der Waals surface area contributed by atoms with Gasteiger partial charge < -0.3 is 5.73 Å². The van der Waals surface area contributed by atoms with Gasteiger partial charge in [0.2, 0.25) is 0 Å². The molecule has 0 spiro atoms. The predicted molar refractivity (Wildman–Crippen MR) is 90.1 cm³/mol. The van der Waals surface area contributed by atoms with Crippen molar-refractivity contribution in [2.75, 3.05) is 24.4 Å². The van der Waals surface area contributed by atoms with Crippen molar-refractivity contribution in [3.63, 3.8) is 0 Å². The Morgan fingerprint density at radius 2 is 2.25 bits per heavy atom. The summed E-state index contributed by atoms with van der Waals surface area (Å²) >= 11 is 7.93. The number of nitrogens with two attached hydrogens (primary N) is 1. The zero-order valence-corrected chi connectivity index (χ0v) is 14.6. The van der Waals surface area contributed by atoms with E-state index >= 15 is 0 Å². The second kappa shape index (κ2) is 6.78. The number of halogens is 2. The molecule has 0 amide bonds. The first-order chi connectivity index (χ1) is 9.42. The molecule has 0 aliphatic carbocycles. The van der Waals surface area contributed by atoms with Crippen molar-refractivity contribution in [2.24, 2.45) is 11.7 Å². The van der Waals surface area contributed by atoms with Crippen LogP contribution < -0.4 is 10.5 Å². The summed E-state index contributed by atoms with van der Waals surface area (Å²) in [6, 6.07) is 5.06. The number of benzene rings is 1. The van der Waals surface area contributed by atoms with Gasteiger partial charge >= 0.3 is 10.2 Å². The molecule has 8 heteroatoms. The van der Waals surface area contributed by atoms with E-state index < -0.39 is 10.2 Å². The van der Waals surface area contributed by atoms with Gasteiger partial charge in [-0.2, -0.15) is 12.7 Å². The van der Waals surface area contributed by atoms with Crippen molar-refractivity contribution >= 4 is 50.1 Å². The van der Waals surface area contributed by atoms with Crippen LogP contribution in [0.4, 0.5) is 5.69 Å². The first-order valence-corrected chi connectivity index (χ1v) is 9.25. The monoisotopic (exact) mass is 429 g/mol. The van der Waals surface area contributed by atoms with Crippen LogP contribution in [0.15, 0.2) is 18.2 Å². The summed E-state index contributed by atoms with van der Waals surface area (Å²) in [7, 11) is -3.53. The minimum Gasteiger partial charge on any atom is -0.330 e.